The Labute approximate surface area is 273 Å². The highest BCUT2D eigenvalue weighted by Gasteiger charge is 2.29. The molecule has 8 nitrogen and oxygen atoms in total. The summed E-state index contributed by atoms with van der Waals surface area (Å²) < 4.78 is 0. The van der Waals surface area contributed by atoms with Gasteiger partial charge in [0.1, 0.15) is 36.6 Å². The van der Waals surface area contributed by atoms with Crippen molar-refractivity contribution in [2.45, 2.75) is 34.6 Å². The first-order valence-corrected chi connectivity index (χ1v) is 15.0. The van der Waals surface area contributed by atoms with E-state index in [4.69, 9.17) is 0 Å². The van der Waals surface area contributed by atoms with Gasteiger partial charge < -0.3 is 40.9 Å². The van der Waals surface area contributed by atoms with Crippen LogP contribution in [0.2, 0.25) is 0 Å². The molecule has 0 aromatic heterocycles. The zero-order chi connectivity index (χ0) is 34.6. The van der Waals surface area contributed by atoms with Gasteiger partial charge in [-0.1, -0.05) is 55.1 Å². The largest absolute Gasteiger partial charge is 0.508 e. The van der Waals surface area contributed by atoms with Gasteiger partial charge in [-0.2, -0.15) is 0 Å². The maximum atomic E-state index is 11.7. The third-order valence-corrected chi connectivity index (χ3v) is 9.34. The van der Waals surface area contributed by atoms with Crippen LogP contribution in [0, 0.1) is 34.6 Å². The van der Waals surface area contributed by atoms with Crippen LogP contribution in [0.15, 0.2) is 72.4 Å². The van der Waals surface area contributed by atoms with Gasteiger partial charge >= 0.3 is 0 Å². The van der Waals surface area contributed by atoms with Crippen molar-refractivity contribution < 1.29 is 40.9 Å². The third kappa shape index (κ3) is 4.91. The van der Waals surface area contributed by atoms with Crippen LogP contribution in [0.3, 0.4) is 0 Å². The van der Waals surface area contributed by atoms with Gasteiger partial charge in [-0.15, -0.1) is 0 Å². The number of fused-ring (bicyclic) bond motifs is 2. The lowest BCUT2D eigenvalue weighted by atomic mass is 9.80. The Bertz CT molecular complexity index is 2110. The fourth-order valence-corrected chi connectivity index (χ4v) is 6.65. The number of hydrogen-bond acceptors (Lipinski definition) is 8. The van der Waals surface area contributed by atoms with E-state index < -0.39 is 29.5 Å². The van der Waals surface area contributed by atoms with Gasteiger partial charge in [-0.3, -0.25) is 0 Å². The molecule has 5 rings (SSSR count). The topological polar surface area (TPSA) is 162 Å². The molecule has 0 unspecified atom stereocenters. The van der Waals surface area contributed by atoms with Gasteiger partial charge in [0.15, 0.2) is 11.5 Å². The molecular formula is C38H37BO8. The molecule has 0 atom stereocenters. The number of aliphatic hydroxyl groups excluding tert-OH is 4. The maximum absolute atomic E-state index is 11.7. The van der Waals surface area contributed by atoms with Gasteiger partial charge in [-0.05, 0) is 101 Å². The number of phenols is 4. The summed E-state index contributed by atoms with van der Waals surface area (Å²) in [7, 11) is 1.49. The van der Waals surface area contributed by atoms with Gasteiger partial charge in [0, 0.05) is 16.7 Å². The van der Waals surface area contributed by atoms with Crippen molar-refractivity contribution in [1.29, 1.82) is 0 Å². The number of allylic oxidation sites excluding steroid dienone is 1. The van der Waals surface area contributed by atoms with E-state index in [-0.39, 0.29) is 39.6 Å². The Balaban J connectivity index is 1.96. The van der Waals surface area contributed by atoms with Crippen LogP contribution < -0.4 is 5.46 Å². The predicted molar refractivity (Wildman–Crippen MR) is 190 cm³/mol. The summed E-state index contributed by atoms with van der Waals surface area (Å²) in [5, 5.41) is 91.1. The number of phenolic OH excluding ortho intramolecular Hbond substituents is 4. The molecule has 8 N–H and O–H groups in total. The molecule has 0 amide bonds. The normalized spacial score (nSPS) is 12.7. The molecule has 0 aliphatic rings. The highest BCUT2D eigenvalue weighted by Crippen LogP contribution is 2.49. The molecule has 0 heterocycles. The summed E-state index contributed by atoms with van der Waals surface area (Å²) in [6.45, 7) is 11.2. The van der Waals surface area contributed by atoms with Crippen LogP contribution in [-0.2, 0) is 0 Å². The molecule has 0 fully saturated rings. The molecule has 9 heteroatoms. The fourth-order valence-electron chi connectivity index (χ4n) is 6.65. The van der Waals surface area contributed by atoms with Crippen molar-refractivity contribution >= 4 is 46.0 Å². The minimum Gasteiger partial charge on any atom is -0.508 e. The Morgan fingerprint density at radius 2 is 1.02 bits per heavy atom. The summed E-state index contributed by atoms with van der Waals surface area (Å²) in [6.07, 6.45) is 0. The van der Waals surface area contributed by atoms with E-state index in [0.29, 0.717) is 66.1 Å². The second-order valence-electron chi connectivity index (χ2n) is 11.9. The van der Waals surface area contributed by atoms with Gasteiger partial charge in [0.2, 0.25) is 0 Å². The average Bonchev–Trinajstić information content (AvgIpc) is 3.06. The van der Waals surface area contributed by atoms with Crippen molar-refractivity contribution in [1.82, 2.24) is 0 Å². The molecule has 5 aromatic rings. The summed E-state index contributed by atoms with van der Waals surface area (Å²) in [4.78, 5) is 0. The Hall–Kier alpha value is -5.54. The lowest BCUT2D eigenvalue weighted by Crippen LogP contribution is -2.16. The van der Waals surface area contributed by atoms with Crippen LogP contribution in [0.4, 0.5) is 0 Å². The van der Waals surface area contributed by atoms with Crippen molar-refractivity contribution in [2.24, 2.45) is 0 Å². The minimum absolute atomic E-state index is 0.0309. The van der Waals surface area contributed by atoms with Crippen LogP contribution in [0.5, 0.6) is 23.0 Å². The lowest BCUT2D eigenvalue weighted by Gasteiger charge is -2.23. The Kier molecular flexibility index (Phi) is 8.39. The van der Waals surface area contributed by atoms with Crippen LogP contribution in [0.25, 0.3) is 43.8 Å². The van der Waals surface area contributed by atoms with E-state index >= 15 is 0 Å². The number of aromatic hydroxyl groups is 4. The summed E-state index contributed by atoms with van der Waals surface area (Å²) in [5.74, 6) is -2.91. The van der Waals surface area contributed by atoms with Crippen molar-refractivity contribution in [3.8, 4) is 34.1 Å². The summed E-state index contributed by atoms with van der Waals surface area (Å²) in [6, 6.07) is 14.5. The van der Waals surface area contributed by atoms with Crippen molar-refractivity contribution in [2.75, 3.05) is 6.61 Å². The monoisotopic (exact) mass is 632 g/mol. The molecule has 0 saturated carbocycles. The fraction of sp³-hybridized carbons (Fsp3) is 0.158. The van der Waals surface area contributed by atoms with Gasteiger partial charge in [0.05, 0.1) is 12.2 Å². The van der Waals surface area contributed by atoms with Crippen LogP contribution in [0.1, 0.15) is 38.9 Å². The maximum Gasteiger partial charge on any atom is 0.169 e. The predicted octanol–water partition coefficient (Wildman–Crippen LogP) is 6.59. The van der Waals surface area contributed by atoms with E-state index in [1.54, 1.807) is 58.9 Å². The lowest BCUT2D eigenvalue weighted by molar-refractivity contribution is 0.311. The second-order valence-corrected chi connectivity index (χ2v) is 11.9. The first-order valence-electron chi connectivity index (χ1n) is 15.0. The van der Waals surface area contributed by atoms with Gasteiger partial charge in [0.25, 0.3) is 0 Å². The van der Waals surface area contributed by atoms with E-state index in [1.807, 2.05) is 24.3 Å². The quantitative estimate of drug-likeness (QED) is 0.0342. The standard InChI is InChI=1S/C38H37BO8/c1-16-17(2)36(45)32(39)31(35(16)44)28(21(6)41)38(47)37(46)26(15-40)29-22-11-7-9-13-24(22)30(25-14-10-8-12-23(25)29)27-18(3)33(42)20(5)34(43)19(27)4/h7-14,40-47H,6,15,39H2,1-5H3/b37-26-,38-28-. The number of rotatable bonds is 6. The number of hydrogen-bond donors (Lipinski definition) is 8. The van der Waals surface area contributed by atoms with Gasteiger partial charge in [-0.25, -0.2) is 0 Å². The number of aliphatic hydroxyl groups is 4. The molecule has 0 aliphatic heterocycles. The van der Waals surface area contributed by atoms with E-state index in [0.717, 1.165) is 0 Å². The van der Waals surface area contributed by atoms with Crippen LogP contribution in [-0.4, -0.2) is 55.3 Å². The van der Waals surface area contributed by atoms with E-state index in [9.17, 15) is 40.9 Å². The molecule has 5 aromatic carbocycles. The summed E-state index contributed by atoms with van der Waals surface area (Å²) in [5.41, 5.74) is 3.43. The molecular weight excluding hydrogens is 595 g/mol. The molecule has 47 heavy (non-hydrogen) atoms. The second kappa shape index (κ2) is 12.0. The third-order valence-electron chi connectivity index (χ3n) is 9.34. The molecule has 240 valence electrons. The molecule has 0 saturated heterocycles. The highest BCUT2D eigenvalue weighted by molar-refractivity contribution is 6.37. The zero-order valence-electron chi connectivity index (χ0n) is 27.1. The molecule has 0 bridgehead atoms. The number of benzene rings is 5. The first kappa shape index (κ1) is 32.8. The van der Waals surface area contributed by atoms with E-state index in [1.165, 1.54) is 7.85 Å². The average molecular weight is 633 g/mol. The molecule has 0 aliphatic carbocycles. The van der Waals surface area contributed by atoms with Crippen molar-refractivity contribution in [3.05, 3.63) is 111 Å². The smallest absolute Gasteiger partial charge is 0.169 e. The summed E-state index contributed by atoms with van der Waals surface area (Å²) >= 11 is 0. The minimum atomic E-state index is -0.875. The zero-order valence-corrected chi connectivity index (χ0v) is 27.1. The van der Waals surface area contributed by atoms with Crippen LogP contribution >= 0.6 is 0 Å². The van der Waals surface area contributed by atoms with E-state index in [2.05, 4.69) is 6.58 Å². The molecule has 0 radical (unpaired) electrons. The Morgan fingerprint density at radius 1 is 0.574 bits per heavy atom. The highest BCUT2D eigenvalue weighted by atomic mass is 16.3. The molecule has 0 spiro atoms. The Morgan fingerprint density at radius 3 is 1.47 bits per heavy atom. The van der Waals surface area contributed by atoms with Crippen molar-refractivity contribution in [3.63, 3.8) is 0 Å². The first-order chi connectivity index (χ1) is 22.2. The SMILES string of the molecule is Bc1c(O)c(C)c(C)c(O)c1/C(C(=C)O)=C(O)/C(O)=C(\CO)c1c2ccccc2c(-c2c(C)c(O)c(C)c(O)c2C)c2ccccc12.